The van der Waals surface area contributed by atoms with Crippen molar-refractivity contribution in [3.8, 4) is 0 Å². The highest BCUT2D eigenvalue weighted by Crippen LogP contribution is 2.28. The van der Waals surface area contributed by atoms with Crippen molar-refractivity contribution in [2.75, 3.05) is 5.73 Å². The van der Waals surface area contributed by atoms with E-state index in [-0.39, 0.29) is 0 Å². The second-order valence-corrected chi connectivity index (χ2v) is 4.04. The Bertz CT molecular complexity index is 508. The Kier molecular flexibility index (Phi) is 2.15. The summed E-state index contributed by atoms with van der Waals surface area (Å²) >= 11 is 3.50. The van der Waals surface area contributed by atoms with Gasteiger partial charge in [0.25, 0.3) is 0 Å². The molecule has 0 atom stereocenters. The molecule has 0 aliphatic carbocycles. The highest BCUT2D eigenvalue weighted by atomic mass is 79.9. The minimum Gasteiger partial charge on any atom is -0.383 e. The number of nitrogens with two attached hydrogens (primary N) is 1. The first-order valence-corrected chi connectivity index (χ1v) is 5.08. The third-order valence-corrected chi connectivity index (χ3v) is 3.14. The SMILES string of the molecule is Cc1nc(N)c2ccc(C)c(Br)c2n1. The number of nitrogens with zero attached hydrogens (tertiary/aromatic N) is 2. The van der Waals surface area contributed by atoms with Crippen molar-refractivity contribution in [1.29, 1.82) is 0 Å². The van der Waals surface area contributed by atoms with Crippen molar-refractivity contribution in [2.24, 2.45) is 0 Å². The summed E-state index contributed by atoms with van der Waals surface area (Å²) in [6.45, 7) is 3.86. The molecule has 72 valence electrons. The number of nitrogen functional groups attached to an aromatic ring is 1. The second-order valence-electron chi connectivity index (χ2n) is 3.25. The summed E-state index contributed by atoms with van der Waals surface area (Å²) in [5, 5.41) is 0.896. The highest BCUT2D eigenvalue weighted by Gasteiger charge is 2.07. The number of aromatic nitrogens is 2. The molecular weight excluding hydrogens is 242 g/mol. The number of hydrogen-bond acceptors (Lipinski definition) is 3. The Hall–Kier alpha value is -1.16. The molecule has 1 heterocycles. The molecule has 0 saturated carbocycles. The van der Waals surface area contributed by atoms with Gasteiger partial charge in [-0.05, 0) is 41.4 Å². The molecule has 2 N–H and O–H groups in total. The van der Waals surface area contributed by atoms with Crippen LogP contribution in [-0.4, -0.2) is 9.97 Å². The average molecular weight is 252 g/mol. The average Bonchev–Trinajstić information content (AvgIpc) is 2.12. The normalized spacial score (nSPS) is 10.8. The maximum atomic E-state index is 5.80. The van der Waals surface area contributed by atoms with Crippen LogP contribution in [0.4, 0.5) is 5.82 Å². The predicted octanol–water partition coefficient (Wildman–Crippen LogP) is 2.59. The fourth-order valence-electron chi connectivity index (χ4n) is 1.40. The van der Waals surface area contributed by atoms with E-state index in [0.717, 1.165) is 20.9 Å². The Morgan fingerprint density at radius 3 is 2.64 bits per heavy atom. The molecule has 0 bridgehead atoms. The van der Waals surface area contributed by atoms with E-state index in [1.165, 1.54) is 0 Å². The summed E-state index contributed by atoms with van der Waals surface area (Å²) in [5.74, 6) is 1.23. The molecule has 4 heteroatoms. The van der Waals surface area contributed by atoms with E-state index in [2.05, 4.69) is 25.9 Å². The zero-order chi connectivity index (χ0) is 10.3. The summed E-state index contributed by atoms with van der Waals surface area (Å²) in [6.07, 6.45) is 0. The Morgan fingerprint density at radius 1 is 1.21 bits per heavy atom. The van der Waals surface area contributed by atoms with Gasteiger partial charge in [-0.1, -0.05) is 6.07 Å². The van der Waals surface area contributed by atoms with Crippen molar-refractivity contribution in [3.05, 3.63) is 28.0 Å². The number of rotatable bonds is 0. The van der Waals surface area contributed by atoms with Gasteiger partial charge in [0.2, 0.25) is 0 Å². The third kappa shape index (κ3) is 1.35. The minimum absolute atomic E-state index is 0.535. The smallest absolute Gasteiger partial charge is 0.135 e. The number of benzene rings is 1. The summed E-state index contributed by atoms with van der Waals surface area (Å²) in [4.78, 5) is 8.48. The van der Waals surface area contributed by atoms with Crippen LogP contribution >= 0.6 is 15.9 Å². The van der Waals surface area contributed by atoms with Crippen LogP contribution < -0.4 is 5.73 Å². The van der Waals surface area contributed by atoms with E-state index < -0.39 is 0 Å². The number of hydrogen-bond donors (Lipinski definition) is 1. The molecule has 0 amide bonds. The zero-order valence-electron chi connectivity index (χ0n) is 8.00. The van der Waals surface area contributed by atoms with Crippen LogP contribution in [0.5, 0.6) is 0 Å². The molecule has 2 aromatic rings. The van der Waals surface area contributed by atoms with Crippen LogP contribution in [0.2, 0.25) is 0 Å². The fourth-order valence-corrected chi connectivity index (χ4v) is 1.84. The first-order chi connectivity index (χ1) is 6.59. The molecule has 1 aromatic carbocycles. The monoisotopic (exact) mass is 251 g/mol. The standard InChI is InChI=1S/C10H10BrN3/c1-5-3-4-7-9(8(5)11)13-6(2)14-10(7)12/h3-4H,1-2H3,(H2,12,13,14). The highest BCUT2D eigenvalue weighted by molar-refractivity contribution is 9.10. The zero-order valence-corrected chi connectivity index (χ0v) is 9.59. The van der Waals surface area contributed by atoms with E-state index in [0.29, 0.717) is 11.6 Å². The molecule has 0 aliphatic rings. The summed E-state index contributed by atoms with van der Waals surface area (Å²) in [7, 11) is 0. The maximum absolute atomic E-state index is 5.80. The Balaban J connectivity index is 2.95. The van der Waals surface area contributed by atoms with Crippen LogP contribution in [0.1, 0.15) is 11.4 Å². The van der Waals surface area contributed by atoms with Gasteiger partial charge in [-0.2, -0.15) is 0 Å². The lowest BCUT2D eigenvalue weighted by Crippen LogP contribution is -1.98. The molecule has 3 nitrogen and oxygen atoms in total. The largest absolute Gasteiger partial charge is 0.383 e. The first-order valence-electron chi connectivity index (χ1n) is 4.28. The van der Waals surface area contributed by atoms with Gasteiger partial charge in [0.05, 0.1) is 5.52 Å². The first kappa shape index (κ1) is 9.40. The molecule has 14 heavy (non-hydrogen) atoms. The molecule has 0 aliphatic heterocycles. The number of halogens is 1. The molecule has 2 rings (SSSR count). The van der Waals surface area contributed by atoms with E-state index in [4.69, 9.17) is 5.73 Å². The van der Waals surface area contributed by atoms with Gasteiger partial charge in [-0.15, -0.1) is 0 Å². The van der Waals surface area contributed by atoms with Gasteiger partial charge in [0.15, 0.2) is 0 Å². The lowest BCUT2D eigenvalue weighted by molar-refractivity contribution is 1.09. The summed E-state index contributed by atoms with van der Waals surface area (Å²) in [5.41, 5.74) is 7.84. The van der Waals surface area contributed by atoms with Crippen molar-refractivity contribution >= 4 is 32.7 Å². The maximum Gasteiger partial charge on any atom is 0.135 e. The molecule has 0 spiro atoms. The van der Waals surface area contributed by atoms with Gasteiger partial charge in [0.1, 0.15) is 11.6 Å². The van der Waals surface area contributed by atoms with Gasteiger partial charge >= 0.3 is 0 Å². The number of anilines is 1. The Labute approximate surface area is 90.5 Å². The van der Waals surface area contributed by atoms with Crippen molar-refractivity contribution in [2.45, 2.75) is 13.8 Å². The van der Waals surface area contributed by atoms with E-state index in [1.807, 2.05) is 26.0 Å². The molecule has 0 saturated heterocycles. The molecule has 0 unspecified atom stereocenters. The van der Waals surface area contributed by atoms with Crippen LogP contribution in [-0.2, 0) is 0 Å². The van der Waals surface area contributed by atoms with Crippen molar-refractivity contribution in [1.82, 2.24) is 9.97 Å². The van der Waals surface area contributed by atoms with Gasteiger partial charge < -0.3 is 5.73 Å². The molecular formula is C10H10BrN3. The molecule has 0 fully saturated rings. The van der Waals surface area contributed by atoms with Crippen LogP contribution in [0.3, 0.4) is 0 Å². The van der Waals surface area contributed by atoms with Crippen molar-refractivity contribution < 1.29 is 0 Å². The van der Waals surface area contributed by atoms with Crippen LogP contribution in [0.15, 0.2) is 16.6 Å². The third-order valence-electron chi connectivity index (χ3n) is 2.14. The summed E-state index contributed by atoms with van der Waals surface area (Å²) < 4.78 is 0.993. The minimum atomic E-state index is 0.535. The fraction of sp³-hybridized carbons (Fsp3) is 0.200. The Morgan fingerprint density at radius 2 is 1.93 bits per heavy atom. The van der Waals surface area contributed by atoms with Gasteiger partial charge in [-0.25, -0.2) is 9.97 Å². The number of fused-ring (bicyclic) bond motifs is 1. The predicted molar refractivity (Wildman–Crippen MR) is 61.1 cm³/mol. The van der Waals surface area contributed by atoms with Crippen molar-refractivity contribution in [3.63, 3.8) is 0 Å². The van der Waals surface area contributed by atoms with E-state index >= 15 is 0 Å². The lowest BCUT2D eigenvalue weighted by Gasteiger charge is -2.06. The van der Waals surface area contributed by atoms with Crippen LogP contribution in [0.25, 0.3) is 10.9 Å². The molecule has 0 radical (unpaired) electrons. The van der Waals surface area contributed by atoms with E-state index in [1.54, 1.807) is 0 Å². The number of aryl methyl sites for hydroxylation is 2. The topological polar surface area (TPSA) is 51.8 Å². The molecule has 1 aromatic heterocycles. The van der Waals surface area contributed by atoms with Crippen LogP contribution in [0, 0.1) is 13.8 Å². The lowest BCUT2D eigenvalue weighted by atomic mass is 10.1. The van der Waals surface area contributed by atoms with Gasteiger partial charge in [-0.3, -0.25) is 0 Å². The van der Waals surface area contributed by atoms with Gasteiger partial charge in [0, 0.05) is 9.86 Å². The van der Waals surface area contributed by atoms with E-state index in [9.17, 15) is 0 Å². The second kappa shape index (κ2) is 3.20. The summed E-state index contributed by atoms with van der Waals surface area (Å²) in [6, 6.07) is 3.95. The quantitative estimate of drug-likeness (QED) is 0.783.